The van der Waals surface area contributed by atoms with Crippen molar-refractivity contribution in [2.75, 3.05) is 0 Å². The Bertz CT molecular complexity index is 340. The maximum atomic E-state index is 13.0. The fraction of sp³-hybridized carbons (Fsp3) is 0.125. The number of hydrogen-bond donors (Lipinski definition) is 2. The van der Waals surface area contributed by atoms with Crippen LogP contribution in [0, 0.1) is 5.82 Å². The Balaban J connectivity index is 3.08. The monoisotopic (exact) mass is 248 g/mol. The Labute approximate surface area is 81.9 Å². The van der Waals surface area contributed by atoms with Gasteiger partial charge in [0.25, 0.3) is 0 Å². The maximum absolute atomic E-state index is 13.0. The standard InChI is InChI=1S/C8H6BrFO3/c9-4-1-2-5(6(10)3-4)7(11)8(12)13/h1-3,7,11H,(H,12,13)/t7-/m0/s1. The molecule has 0 saturated carbocycles. The van der Waals surface area contributed by atoms with Gasteiger partial charge in [0.15, 0.2) is 6.10 Å². The number of hydrogen-bond acceptors (Lipinski definition) is 2. The molecule has 0 unspecified atom stereocenters. The molecule has 1 aromatic carbocycles. The van der Waals surface area contributed by atoms with Crippen molar-refractivity contribution in [1.82, 2.24) is 0 Å². The first kappa shape index (κ1) is 10.1. The quantitative estimate of drug-likeness (QED) is 0.838. The molecule has 0 saturated heterocycles. The van der Waals surface area contributed by atoms with E-state index >= 15 is 0 Å². The van der Waals surface area contributed by atoms with E-state index in [2.05, 4.69) is 15.9 Å². The van der Waals surface area contributed by atoms with Crippen LogP contribution in [0.3, 0.4) is 0 Å². The van der Waals surface area contributed by atoms with E-state index in [1.165, 1.54) is 12.1 Å². The Morgan fingerprint density at radius 2 is 2.15 bits per heavy atom. The minimum absolute atomic E-state index is 0.240. The van der Waals surface area contributed by atoms with Crippen LogP contribution >= 0.6 is 15.9 Å². The van der Waals surface area contributed by atoms with Gasteiger partial charge < -0.3 is 10.2 Å². The molecule has 1 aromatic rings. The second-order valence-electron chi connectivity index (χ2n) is 2.41. The maximum Gasteiger partial charge on any atom is 0.337 e. The van der Waals surface area contributed by atoms with Crippen LogP contribution in [0.4, 0.5) is 4.39 Å². The van der Waals surface area contributed by atoms with E-state index in [-0.39, 0.29) is 5.56 Å². The number of benzene rings is 1. The van der Waals surface area contributed by atoms with Crippen molar-refractivity contribution in [3.8, 4) is 0 Å². The molecular weight excluding hydrogens is 243 g/mol. The van der Waals surface area contributed by atoms with E-state index in [1.807, 2.05) is 0 Å². The van der Waals surface area contributed by atoms with Crippen molar-refractivity contribution in [3.05, 3.63) is 34.1 Å². The highest BCUT2D eigenvalue weighted by Crippen LogP contribution is 2.20. The van der Waals surface area contributed by atoms with Gasteiger partial charge in [-0.05, 0) is 12.1 Å². The van der Waals surface area contributed by atoms with Gasteiger partial charge in [-0.25, -0.2) is 9.18 Å². The Morgan fingerprint density at radius 3 is 2.62 bits per heavy atom. The van der Waals surface area contributed by atoms with E-state index in [9.17, 15) is 9.18 Å². The van der Waals surface area contributed by atoms with Crippen molar-refractivity contribution in [3.63, 3.8) is 0 Å². The van der Waals surface area contributed by atoms with E-state index < -0.39 is 17.9 Å². The molecule has 70 valence electrons. The zero-order chi connectivity index (χ0) is 10.0. The van der Waals surface area contributed by atoms with Gasteiger partial charge in [0, 0.05) is 10.0 Å². The summed E-state index contributed by atoms with van der Waals surface area (Å²) in [6.07, 6.45) is -1.81. The fourth-order valence-corrected chi connectivity index (χ4v) is 1.19. The summed E-state index contributed by atoms with van der Waals surface area (Å²) in [6.45, 7) is 0. The van der Waals surface area contributed by atoms with Crippen LogP contribution in [-0.2, 0) is 4.79 Å². The molecule has 1 rings (SSSR count). The number of aliphatic hydroxyl groups is 1. The lowest BCUT2D eigenvalue weighted by Crippen LogP contribution is -2.11. The van der Waals surface area contributed by atoms with Crippen molar-refractivity contribution >= 4 is 21.9 Å². The van der Waals surface area contributed by atoms with Gasteiger partial charge in [-0.2, -0.15) is 0 Å². The number of aliphatic hydroxyl groups excluding tert-OH is 1. The Hall–Kier alpha value is -0.940. The first-order chi connectivity index (χ1) is 6.02. The number of carboxylic acid groups (broad SMARTS) is 1. The highest BCUT2D eigenvalue weighted by Gasteiger charge is 2.19. The molecule has 0 spiro atoms. The summed E-state index contributed by atoms with van der Waals surface area (Å²) in [5, 5.41) is 17.4. The zero-order valence-electron chi connectivity index (χ0n) is 6.37. The normalized spacial score (nSPS) is 12.5. The fourth-order valence-electron chi connectivity index (χ4n) is 0.856. The van der Waals surface area contributed by atoms with E-state index in [1.54, 1.807) is 0 Å². The second-order valence-corrected chi connectivity index (χ2v) is 3.32. The van der Waals surface area contributed by atoms with Crippen LogP contribution in [0.5, 0.6) is 0 Å². The van der Waals surface area contributed by atoms with E-state index in [4.69, 9.17) is 10.2 Å². The average Bonchev–Trinajstić information content (AvgIpc) is 2.03. The predicted molar refractivity (Wildman–Crippen MR) is 46.7 cm³/mol. The Morgan fingerprint density at radius 1 is 1.54 bits per heavy atom. The predicted octanol–water partition coefficient (Wildman–Crippen LogP) is 1.71. The second kappa shape index (κ2) is 3.85. The average molecular weight is 249 g/mol. The van der Waals surface area contributed by atoms with Crippen LogP contribution in [0.2, 0.25) is 0 Å². The molecule has 0 heterocycles. The summed E-state index contributed by atoms with van der Waals surface area (Å²) >= 11 is 3.01. The van der Waals surface area contributed by atoms with Crippen molar-refractivity contribution in [2.24, 2.45) is 0 Å². The lowest BCUT2D eigenvalue weighted by molar-refractivity contribution is -0.147. The number of rotatable bonds is 2. The number of carbonyl (C=O) groups is 1. The summed E-state index contributed by atoms with van der Waals surface area (Å²) in [7, 11) is 0. The molecule has 0 aliphatic carbocycles. The molecule has 5 heteroatoms. The summed E-state index contributed by atoms with van der Waals surface area (Å²) in [4.78, 5) is 10.3. The summed E-state index contributed by atoms with van der Waals surface area (Å²) in [5.41, 5.74) is -0.240. The molecule has 1 atom stereocenters. The van der Waals surface area contributed by atoms with Gasteiger partial charge in [-0.3, -0.25) is 0 Å². The molecule has 0 bridgehead atoms. The molecule has 0 fully saturated rings. The van der Waals surface area contributed by atoms with Crippen LogP contribution < -0.4 is 0 Å². The molecule has 0 amide bonds. The number of halogens is 2. The molecule has 3 nitrogen and oxygen atoms in total. The minimum Gasteiger partial charge on any atom is -0.479 e. The third-order valence-corrected chi connectivity index (χ3v) is 1.98. The molecule has 0 aromatic heterocycles. The Kier molecular flexibility index (Phi) is 3.00. The third-order valence-electron chi connectivity index (χ3n) is 1.49. The first-order valence-corrected chi connectivity index (χ1v) is 4.17. The van der Waals surface area contributed by atoms with E-state index in [0.29, 0.717) is 4.47 Å². The lowest BCUT2D eigenvalue weighted by Gasteiger charge is -2.06. The van der Waals surface area contributed by atoms with Gasteiger partial charge in [-0.15, -0.1) is 0 Å². The largest absolute Gasteiger partial charge is 0.479 e. The van der Waals surface area contributed by atoms with Crippen LogP contribution in [0.25, 0.3) is 0 Å². The van der Waals surface area contributed by atoms with E-state index in [0.717, 1.165) is 6.07 Å². The van der Waals surface area contributed by atoms with Crippen molar-refractivity contribution < 1.29 is 19.4 Å². The molecule has 0 aliphatic heterocycles. The van der Waals surface area contributed by atoms with Gasteiger partial charge in [0.05, 0.1) is 0 Å². The van der Waals surface area contributed by atoms with Gasteiger partial charge >= 0.3 is 5.97 Å². The van der Waals surface area contributed by atoms with Gasteiger partial charge in [-0.1, -0.05) is 22.0 Å². The zero-order valence-corrected chi connectivity index (χ0v) is 7.95. The van der Waals surface area contributed by atoms with Crippen molar-refractivity contribution in [2.45, 2.75) is 6.10 Å². The molecule has 0 aliphatic rings. The minimum atomic E-state index is -1.81. The molecule has 13 heavy (non-hydrogen) atoms. The summed E-state index contributed by atoms with van der Waals surface area (Å²) in [6, 6.07) is 3.78. The topological polar surface area (TPSA) is 57.5 Å². The first-order valence-electron chi connectivity index (χ1n) is 3.38. The van der Waals surface area contributed by atoms with Crippen LogP contribution in [-0.4, -0.2) is 16.2 Å². The molecular formula is C8H6BrFO3. The SMILES string of the molecule is O=C(O)[C@@H](O)c1ccc(Br)cc1F. The van der Waals surface area contributed by atoms with Crippen LogP contribution in [0.15, 0.2) is 22.7 Å². The van der Waals surface area contributed by atoms with Gasteiger partial charge in [0.1, 0.15) is 5.82 Å². The molecule has 2 N–H and O–H groups in total. The summed E-state index contributed by atoms with van der Waals surface area (Å²) in [5.74, 6) is -2.22. The number of carboxylic acids is 1. The van der Waals surface area contributed by atoms with Crippen molar-refractivity contribution in [1.29, 1.82) is 0 Å². The van der Waals surface area contributed by atoms with Gasteiger partial charge in [0.2, 0.25) is 0 Å². The highest BCUT2D eigenvalue weighted by atomic mass is 79.9. The third kappa shape index (κ3) is 2.26. The molecule has 0 radical (unpaired) electrons. The smallest absolute Gasteiger partial charge is 0.337 e. The summed E-state index contributed by atoms with van der Waals surface area (Å²) < 4.78 is 13.5. The lowest BCUT2D eigenvalue weighted by atomic mass is 10.1. The number of aliphatic carboxylic acids is 1. The van der Waals surface area contributed by atoms with Crippen LogP contribution in [0.1, 0.15) is 11.7 Å². The highest BCUT2D eigenvalue weighted by molar-refractivity contribution is 9.10.